The van der Waals surface area contributed by atoms with E-state index in [0.29, 0.717) is 5.92 Å². The van der Waals surface area contributed by atoms with Gasteiger partial charge >= 0.3 is 0 Å². The van der Waals surface area contributed by atoms with Gasteiger partial charge in [0.1, 0.15) is 5.83 Å². The van der Waals surface area contributed by atoms with Gasteiger partial charge in [-0.1, -0.05) is 49.6 Å². The molecule has 0 aliphatic heterocycles. The monoisotopic (exact) mass is 443 g/mol. The Morgan fingerprint density at radius 3 is 2.81 bits per heavy atom. The predicted molar refractivity (Wildman–Crippen MR) is 125 cm³/mol. The maximum absolute atomic E-state index is 13.4. The molecule has 2 N–H and O–H groups in total. The first-order chi connectivity index (χ1) is 15.3. The molecule has 2 rings (SSSR count). The molecule has 7 heteroatoms. The first-order valence-corrected chi connectivity index (χ1v) is 11.1. The van der Waals surface area contributed by atoms with Gasteiger partial charge in [-0.2, -0.15) is 0 Å². The maximum atomic E-state index is 13.4. The second-order valence-corrected chi connectivity index (χ2v) is 8.33. The summed E-state index contributed by atoms with van der Waals surface area (Å²) >= 11 is 0. The highest BCUT2D eigenvalue weighted by atomic mass is 19.1. The fraction of sp³-hybridized carbons (Fsp3) is 0.480. The largest absolute Gasteiger partial charge is 0.467 e. The third-order valence-corrected chi connectivity index (χ3v) is 5.95. The minimum atomic E-state index is -0.661. The van der Waals surface area contributed by atoms with Crippen LogP contribution >= 0.6 is 0 Å². The summed E-state index contributed by atoms with van der Waals surface area (Å²) in [5.74, 6) is -0.600. The zero-order chi connectivity index (χ0) is 23.5. The van der Waals surface area contributed by atoms with Crippen LogP contribution in [0.2, 0.25) is 0 Å². The minimum Gasteiger partial charge on any atom is -0.467 e. The van der Waals surface area contributed by atoms with E-state index in [-0.39, 0.29) is 35.8 Å². The van der Waals surface area contributed by atoms with Crippen molar-refractivity contribution >= 4 is 18.0 Å². The zero-order valence-corrected chi connectivity index (χ0v) is 19.1. The molecule has 0 saturated heterocycles. The van der Waals surface area contributed by atoms with Crippen LogP contribution in [-0.2, 0) is 14.3 Å². The van der Waals surface area contributed by atoms with E-state index in [1.165, 1.54) is 36.9 Å². The summed E-state index contributed by atoms with van der Waals surface area (Å²) in [7, 11) is 1.79. The number of carbonyl (C=O) groups excluding carboxylic acids is 2. The van der Waals surface area contributed by atoms with E-state index in [0.717, 1.165) is 44.9 Å². The molecule has 0 aromatic carbocycles. The molecule has 2 aliphatic carbocycles. The standard InChI is InChI=1S/C25H34FN3O3/c1-4-14-28-25(18(2)24(27)31)32-17-23(30)29(3)22-11-6-5-8-20(16-22)15-19-9-7-10-21(26)13-12-19/h4,7,10,12-14,20,22H,1,5-6,8-9,11,15-17H2,2-3H3,(H2,27,31)/b25-18-,28-14-/t20-,22?/m1/s1. The molecule has 1 fully saturated rings. The fourth-order valence-electron chi connectivity index (χ4n) is 4.04. The van der Waals surface area contributed by atoms with Gasteiger partial charge in [0, 0.05) is 19.3 Å². The molecule has 0 bridgehead atoms. The van der Waals surface area contributed by atoms with Crippen LogP contribution in [0.15, 0.2) is 64.8 Å². The Balaban J connectivity index is 2.00. The Kier molecular flexibility index (Phi) is 10.1. The Hall–Kier alpha value is -2.96. The van der Waals surface area contributed by atoms with Crippen molar-refractivity contribution in [3.8, 4) is 0 Å². The number of ether oxygens (including phenoxy) is 1. The third-order valence-electron chi connectivity index (χ3n) is 5.95. The van der Waals surface area contributed by atoms with Crippen LogP contribution in [0.5, 0.6) is 0 Å². The van der Waals surface area contributed by atoms with Crippen LogP contribution in [0, 0.1) is 5.92 Å². The van der Waals surface area contributed by atoms with Crippen molar-refractivity contribution in [2.75, 3.05) is 13.7 Å². The van der Waals surface area contributed by atoms with Crippen molar-refractivity contribution in [3.63, 3.8) is 0 Å². The maximum Gasteiger partial charge on any atom is 0.260 e. The van der Waals surface area contributed by atoms with Gasteiger partial charge in [-0.05, 0) is 50.7 Å². The second-order valence-electron chi connectivity index (χ2n) is 8.33. The lowest BCUT2D eigenvalue weighted by Gasteiger charge is -2.30. The molecule has 32 heavy (non-hydrogen) atoms. The summed E-state index contributed by atoms with van der Waals surface area (Å²) in [5.41, 5.74) is 6.67. The molecular formula is C25H34FN3O3. The number of aliphatic imine (C=N–C) groups is 1. The Morgan fingerprint density at radius 2 is 2.09 bits per heavy atom. The smallest absolute Gasteiger partial charge is 0.260 e. The van der Waals surface area contributed by atoms with Crippen molar-refractivity contribution in [1.82, 2.24) is 4.90 Å². The Bertz CT molecular complexity index is 854. The molecule has 0 aromatic rings. The van der Waals surface area contributed by atoms with E-state index in [2.05, 4.69) is 11.6 Å². The Morgan fingerprint density at radius 1 is 1.34 bits per heavy atom. The van der Waals surface area contributed by atoms with Gasteiger partial charge < -0.3 is 15.4 Å². The number of halogens is 1. The van der Waals surface area contributed by atoms with Crippen LogP contribution in [0.1, 0.15) is 51.9 Å². The lowest BCUT2D eigenvalue weighted by Crippen LogP contribution is -2.40. The highest BCUT2D eigenvalue weighted by molar-refractivity contribution is 5.92. The highest BCUT2D eigenvalue weighted by Crippen LogP contribution is 2.32. The topological polar surface area (TPSA) is 85.0 Å². The first-order valence-electron chi connectivity index (χ1n) is 11.1. The van der Waals surface area contributed by atoms with Crippen LogP contribution < -0.4 is 5.73 Å². The van der Waals surface area contributed by atoms with Gasteiger partial charge in [-0.3, -0.25) is 9.59 Å². The number of hydrogen-bond donors (Lipinski definition) is 1. The molecule has 1 unspecified atom stereocenters. The van der Waals surface area contributed by atoms with Gasteiger partial charge in [-0.15, -0.1) is 0 Å². The number of hydrogen-bond acceptors (Lipinski definition) is 4. The third kappa shape index (κ3) is 7.94. The van der Waals surface area contributed by atoms with Crippen molar-refractivity contribution in [2.24, 2.45) is 16.6 Å². The van der Waals surface area contributed by atoms with Crippen molar-refractivity contribution < 1.29 is 18.7 Å². The van der Waals surface area contributed by atoms with E-state index in [4.69, 9.17) is 10.5 Å². The number of carbonyl (C=O) groups is 2. The summed E-state index contributed by atoms with van der Waals surface area (Å²) in [5, 5.41) is 0. The molecule has 2 amide bonds. The molecule has 2 atom stereocenters. The SMILES string of the molecule is C=C/C=N\C(OCC(=O)N(C)C1CCCC[C@H](CC2=CC=C(F)C=CC2)C1)=C(/C)C(N)=O. The molecule has 2 aliphatic rings. The predicted octanol–water partition coefficient (Wildman–Crippen LogP) is 4.51. The van der Waals surface area contributed by atoms with E-state index < -0.39 is 5.91 Å². The van der Waals surface area contributed by atoms with Gasteiger partial charge in [0.2, 0.25) is 11.8 Å². The lowest BCUT2D eigenvalue weighted by atomic mass is 9.89. The quantitative estimate of drug-likeness (QED) is 0.246. The number of nitrogens with two attached hydrogens (primary N) is 1. The molecule has 6 nitrogen and oxygen atoms in total. The second kappa shape index (κ2) is 12.8. The van der Waals surface area contributed by atoms with E-state index in [9.17, 15) is 14.0 Å². The van der Waals surface area contributed by atoms with Gasteiger partial charge in [0.25, 0.3) is 5.91 Å². The molecule has 1 saturated carbocycles. The highest BCUT2D eigenvalue weighted by Gasteiger charge is 2.27. The lowest BCUT2D eigenvalue weighted by molar-refractivity contribution is -0.136. The van der Waals surface area contributed by atoms with Crippen molar-refractivity contribution in [2.45, 2.75) is 57.9 Å². The summed E-state index contributed by atoms with van der Waals surface area (Å²) in [6.07, 6.45) is 16.4. The summed E-state index contributed by atoms with van der Waals surface area (Å²) in [6.45, 7) is 4.81. The summed E-state index contributed by atoms with van der Waals surface area (Å²) in [4.78, 5) is 30.0. The Labute approximate surface area is 190 Å². The average molecular weight is 444 g/mol. The number of rotatable bonds is 9. The van der Waals surface area contributed by atoms with E-state index >= 15 is 0 Å². The number of allylic oxidation sites excluding steroid dienone is 7. The van der Waals surface area contributed by atoms with Gasteiger partial charge in [0.15, 0.2) is 6.61 Å². The zero-order valence-electron chi connectivity index (χ0n) is 19.1. The van der Waals surface area contributed by atoms with E-state index in [1.54, 1.807) is 11.9 Å². The molecule has 0 heterocycles. The van der Waals surface area contributed by atoms with Crippen molar-refractivity contribution in [1.29, 1.82) is 0 Å². The minimum absolute atomic E-state index is 0.0199. The molecule has 0 spiro atoms. The number of amides is 2. The average Bonchev–Trinajstić information content (AvgIpc) is 3.13. The van der Waals surface area contributed by atoms with Gasteiger partial charge in [-0.25, -0.2) is 9.38 Å². The molecule has 174 valence electrons. The fourth-order valence-corrected chi connectivity index (χ4v) is 4.04. The molecule has 0 radical (unpaired) electrons. The van der Waals surface area contributed by atoms with Crippen LogP contribution in [0.25, 0.3) is 0 Å². The normalized spacial score (nSPS) is 22.2. The molecular weight excluding hydrogens is 409 g/mol. The van der Waals surface area contributed by atoms with Crippen LogP contribution in [0.4, 0.5) is 4.39 Å². The van der Waals surface area contributed by atoms with Gasteiger partial charge in [0.05, 0.1) is 5.57 Å². The summed E-state index contributed by atoms with van der Waals surface area (Å²) < 4.78 is 19.0. The number of likely N-dealkylation sites (N-methyl/N-ethyl adjacent to an activating group) is 1. The summed E-state index contributed by atoms with van der Waals surface area (Å²) in [6, 6.07) is 0.106. The number of primary amides is 1. The number of nitrogens with zero attached hydrogens (tertiary/aromatic N) is 2. The first kappa shape index (κ1) is 25.3. The van der Waals surface area contributed by atoms with Crippen molar-refractivity contribution in [3.05, 3.63) is 59.8 Å². The van der Waals surface area contributed by atoms with E-state index in [1.807, 2.05) is 12.2 Å². The molecule has 0 aromatic heterocycles. The van der Waals surface area contributed by atoms with Crippen LogP contribution in [-0.4, -0.2) is 42.6 Å². The van der Waals surface area contributed by atoms with Crippen LogP contribution in [0.3, 0.4) is 0 Å².